The zero-order chi connectivity index (χ0) is 17.2. The molecule has 0 saturated carbocycles. The molecule has 0 saturated heterocycles. The van der Waals surface area contributed by atoms with Crippen LogP contribution in [0.5, 0.6) is 5.75 Å². The van der Waals surface area contributed by atoms with Gasteiger partial charge in [0.15, 0.2) is 0 Å². The quantitative estimate of drug-likeness (QED) is 0.349. The van der Waals surface area contributed by atoms with Gasteiger partial charge in [-0.05, 0) is 37.3 Å². The highest BCUT2D eigenvalue weighted by molar-refractivity contribution is 5.94. The SMILES string of the molecule is CCCCCCCCC1C=CC(C(=O)Nc2ccccc2O)CC1. The van der Waals surface area contributed by atoms with Crippen molar-refractivity contribution in [1.29, 1.82) is 0 Å². The molecule has 0 aliphatic heterocycles. The summed E-state index contributed by atoms with van der Waals surface area (Å²) in [7, 11) is 0. The standard InChI is InChI=1S/C21H31NO2/c1-2-3-4-5-6-7-10-17-13-15-18(16-14-17)21(24)22-19-11-8-9-12-20(19)23/h8-9,11-13,15,17-18,23H,2-7,10,14,16H2,1H3,(H,22,24). The number of carbonyl (C=O) groups is 1. The molecule has 0 spiro atoms. The molecule has 2 N–H and O–H groups in total. The predicted octanol–water partition coefficient (Wildman–Crippen LogP) is 5.66. The first kappa shape index (κ1) is 18.6. The molecule has 2 unspecified atom stereocenters. The summed E-state index contributed by atoms with van der Waals surface area (Å²) in [4.78, 5) is 12.3. The van der Waals surface area contributed by atoms with Gasteiger partial charge in [-0.2, -0.15) is 0 Å². The zero-order valence-corrected chi connectivity index (χ0v) is 14.8. The molecule has 1 aliphatic rings. The Kier molecular flexibility index (Phi) is 7.87. The molecular weight excluding hydrogens is 298 g/mol. The van der Waals surface area contributed by atoms with Crippen molar-refractivity contribution in [2.24, 2.45) is 11.8 Å². The van der Waals surface area contributed by atoms with Crippen LogP contribution in [0.2, 0.25) is 0 Å². The second-order valence-corrected chi connectivity index (χ2v) is 6.89. The van der Waals surface area contributed by atoms with E-state index in [2.05, 4.69) is 24.4 Å². The topological polar surface area (TPSA) is 49.3 Å². The monoisotopic (exact) mass is 329 g/mol. The number of hydrogen-bond acceptors (Lipinski definition) is 2. The van der Waals surface area contributed by atoms with Crippen LogP contribution in [-0.4, -0.2) is 11.0 Å². The Morgan fingerprint density at radius 1 is 1.08 bits per heavy atom. The van der Waals surface area contributed by atoms with Gasteiger partial charge in [-0.1, -0.05) is 69.7 Å². The van der Waals surface area contributed by atoms with Crippen molar-refractivity contribution in [3.8, 4) is 5.75 Å². The highest BCUT2D eigenvalue weighted by Crippen LogP contribution is 2.28. The summed E-state index contributed by atoms with van der Waals surface area (Å²) in [5.74, 6) is 0.646. The van der Waals surface area contributed by atoms with E-state index in [1.165, 1.54) is 44.9 Å². The third-order valence-electron chi connectivity index (χ3n) is 4.89. The summed E-state index contributed by atoms with van der Waals surface area (Å²) in [6.07, 6.45) is 15.5. The van der Waals surface area contributed by atoms with Gasteiger partial charge >= 0.3 is 0 Å². The van der Waals surface area contributed by atoms with Crippen LogP contribution in [0.25, 0.3) is 0 Å². The van der Waals surface area contributed by atoms with Crippen molar-refractivity contribution in [3.05, 3.63) is 36.4 Å². The maximum absolute atomic E-state index is 12.3. The molecule has 0 radical (unpaired) electrons. The van der Waals surface area contributed by atoms with Crippen LogP contribution in [0.1, 0.15) is 64.7 Å². The number of phenols is 1. The van der Waals surface area contributed by atoms with E-state index >= 15 is 0 Å². The number of anilines is 1. The number of allylic oxidation sites excluding steroid dienone is 1. The number of nitrogens with one attached hydrogen (secondary N) is 1. The normalized spacial score (nSPS) is 20.0. The number of rotatable bonds is 9. The molecule has 2 rings (SSSR count). The number of para-hydroxylation sites is 2. The van der Waals surface area contributed by atoms with E-state index in [1.54, 1.807) is 18.2 Å². The third kappa shape index (κ3) is 6.03. The van der Waals surface area contributed by atoms with Gasteiger partial charge in [-0.15, -0.1) is 0 Å². The minimum Gasteiger partial charge on any atom is -0.506 e. The fourth-order valence-corrected chi connectivity index (χ4v) is 3.33. The predicted molar refractivity (Wildman–Crippen MR) is 100 cm³/mol. The maximum Gasteiger partial charge on any atom is 0.231 e. The van der Waals surface area contributed by atoms with Crippen LogP contribution in [0.15, 0.2) is 36.4 Å². The van der Waals surface area contributed by atoms with E-state index in [-0.39, 0.29) is 17.6 Å². The number of unbranched alkanes of at least 4 members (excludes halogenated alkanes) is 5. The van der Waals surface area contributed by atoms with Crippen molar-refractivity contribution >= 4 is 11.6 Å². The number of benzene rings is 1. The second kappa shape index (κ2) is 10.2. The van der Waals surface area contributed by atoms with Gasteiger partial charge in [0.2, 0.25) is 5.91 Å². The summed E-state index contributed by atoms with van der Waals surface area (Å²) >= 11 is 0. The fraction of sp³-hybridized carbons (Fsp3) is 0.571. The number of carbonyl (C=O) groups excluding carboxylic acids is 1. The Bertz CT molecular complexity index is 538. The molecule has 3 heteroatoms. The lowest BCUT2D eigenvalue weighted by atomic mass is 9.85. The molecule has 3 nitrogen and oxygen atoms in total. The Hall–Kier alpha value is -1.77. The van der Waals surface area contributed by atoms with Crippen LogP contribution in [0.3, 0.4) is 0 Å². The van der Waals surface area contributed by atoms with Gasteiger partial charge in [-0.25, -0.2) is 0 Å². The van der Waals surface area contributed by atoms with E-state index in [4.69, 9.17) is 0 Å². The lowest BCUT2D eigenvalue weighted by Crippen LogP contribution is -2.24. The lowest BCUT2D eigenvalue weighted by Gasteiger charge is -2.22. The summed E-state index contributed by atoms with van der Waals surface area (Å²) < 4.78 is 0. The van der Waals surface area contributed by atoms with Gasteiger partial charge in [0.05, 0.1) is 11.6 Å². The molecule has 2 atom stereocenters. The van der Waals surface area contributed by atoms with Crippen molar-refractivity contribution in [3.63, 3.8) is 0 Å². The van der Waals surface area contributed by atoms with Crippen molar-refractivity contribution < 1.29 is 9.90 Å². The van der Waals surface area contributed by atoms with Gasteiger partial charge in [0, 0.05) is 0 Å². The largest absolute Gasteiger partial charge is 0.506 e. The summed E-state index contributed by atoms with van der Waals surface area (Å²) in [5.41, 5.74) is 0.491. The summed E-state index contributed by atoms with van der Waals surface area (Å²) in [6, 6.07) is 6.87. The van der Waals surface area contributed by atoms with Gasteiger partial charge in [-0.3, -0.25) is 4.79 Å². The molecule has 1 amide bonds. The zero-order valence-electron chi connectivity index (χ0n) is 14.8. The first-order valence-corrected chi connectivity index (χ1v) is 9.48. The molecule has 1 aromatic rings. The Labute approximate surface area is 146 Å². The molecule has 1 aromatic carbocycles. The minimum atomic E-state index is -0.0783. The molecule has 24 heavy (non-hydrogen) atoms. The Morgan fingerprint density at radius 3 is 2.54 bits per heavy atom. The smallest absolute Gasteiger partial charge is 0.231 e. The lowest BCUT2D eigenvalue weighted by molar-refractivity contribution is -0.118. The Balaban J connectivity index is 1.70. The number of phenolic OH excluding ortho intramolecular Hbond substituents is 1. The molecule has 132 valence electrons. The Morgan fingerprint density at radius 2 is 1.83 bits per heavy atom. The molecule has 0 bridgehead atoms. The van der Waals surface area contributed by atoms with E-state index in [0.29, 0.717) is 11.6 Å². The van der Waals surface area contributed by atoms with Crippen molar-refractivity contribution in [1.82, 2.24) is 0 Å². The van der Waals surface area contributed by atoms with Gasteiger partial charge in [0.25, 0.3) is 0 Å². The minimum absolute atomic E-state index is 0.0224. The third-order valence-corrected chi connectivity index (χ3v) is 4.89. The first-order chi connectivity index (χ1) is 11.7. The van der Waals surface area contributed by atoms with E-state index in [9.17, 15) is 9.90 Å². The highest BCUT2D eigenvalue weighted by atomic mass is 16.3. The molecule has 0 heterocycles. The van der Waals surface area contributed by atoms with Gasteiger partial charge in [0.1, 0.15) is 5.75 Å². The number of aromatic hydroxyl groups is 1. The molecular formula is C21H31NO2. The average molecular weight is 329 g/mol. The second-order valence-electron chi connectivity index (χ2n) is 6.89. The van der Waals surface area contributed by atoms with E-state index in [0.717, 1.165) is 12.8 Å². The summed E-state index contributed by atoms with van der Waals surface area (Å²) in [6.45, 7) is 2.25. The fourth-order valence-electron chi connectivity index (χ4n) is 3.33. The van der Waals surface area contributed by atoms with Crippen LogP contribution >= 0.6 is 0 Å². The summed E-state index contributed by atoms with van der Waals surface area (Å²) in [5, 5.41) is 12.6. The van der Waals surface area contributed by atoms with Gasteiger partial charge < -0.3 is 10.4 Å². The van der Waals surface area contributed by atoms with Crippen LogP contribution in [0, 0.1) is 11.8 Å². The van der Waals surface area contributed by atoms with Crippen molar-refractivity contribution in [2.45, 2.75) is 64.7 Å². The molecule has 0 fully saturated rings. The van der Waals surface area contributed by atoms with Crippen LogP contribution in [-0.2, 0) is 4.79 Å². The number of amides is 1. The highest BCUT2D eigenvalue weighted by Gasteiger charge is 2.22. The first-order valence-electron chi connectivity index (χ1n) is 9.48. The van der Waals surface area contributed by atoms with Crippen LogP contribution in [0.4, 0.5) is 5.69 Å². The number of hydrogen-bond donors (Lipinski definition) is 2. The molecule has 0 aromatic heterocycles. The van der Waals surface area contributed by atoms with Crippen LogP contribution < -0.4 is 5.32 Å². The van der Waals surface area contributed by atoms with E-state index < -0.39 is 0 Å². The maximum atomic E-state index is 12.3. The van der Waals surface area contributed by atoms with Crippen molar-refractivity contribution in [2.75, 3.05) is 5.32 Å². The average Bonchev–Trinajstić information content (AvgIpc) is 2.60. The molecule has 1 aliphatic carbocycles. The van der Waals surface area contributed by atoms with E-state index in [1.807, 2.05) is 6.07 Å².